The van der Waals surface area contributed by atoms with E-state index in [2.05, 4.69) is 15.4 Å². The summed E-state index contributed by atoms with van der Waals surface area (Å²) >= 11 is 0. The number of benzene rings is 1. The number of piperidine rings is 1. The maximum absolute atomic E-state index is 11.7. The minimum absolute atomic E-state index is 0.0289. The molecule has 1 fully saturated rings. The van der Waals surface area contributed by atoms with E-state index in [4.69, 9.17) is 19.2 Å². The van der Waals surface area contributed by atoms with Gasteiger partial charge in [0.05, 0.1) is 13.2 Å². The average Bonchev–Trinajstić information content (AvgIpc) is 3.17. The topological polar surface area (TPSA) is 145 Å². The molecule has 0 saturated carbocycles. The molecule has 2 heterocycles. The van der Waals surface area contributed by atoms with Crippen molar-refractivity contribution in [2.75, 3.05) is 38.6 Å². The van der Waals surface area contributed by atoms with E-state index in [9.17, 15) is 15.0 Å². The van der Waals surface area contributed by atoms with Crippen LogP contribution in [0.3, 0.4) is 0 Å². The van der Waals surface area contributed by atoms with Crippen molar-refractivity contribution in [3.8, 4) is 17.1 Å². The van der Waals surface area contributed by atoms with Gasteiger partial charge in [0.25, 0.3) is 6.47 Å². The number of nitrogens with one attached hydrogen (secondary N) is 1. The fourth-order valence-electron chi connectivity index (χ4n) is 3.20. The number of anilines is 1. The van der Waals surface area contributed by atoms with Crippen molar-refractivity contribution >= 4 is 18.3 Å². The third-order valence-electron chi connectivity index (χ3n) is 4.76. The second kappa shape index (κ2) is 11.8. The van der Waals surface area contributed by atoms with Crippen LogP contribution in [0.1, 0.15) is 29.6 Å². The Bertz CT molecular complexity index is 799. The van der Waals surface area contributed by atoms with Crippen LogP contribution in [0.4, 0.5) is 5.82 Å². The molecule has 1 aliphatic rings. The molecule has 1 aliphatic heterocycles. The quantitative estimate of drug-likeness (QED) is 0.369. The number of carboxylic acid groups (broad SMARTS) is 2. The number of methoxy groups -OCH3 is 1. The molecule has 1 aromatic heterocycles. The van der Waals surface area contributed by atoms with E-state index in [0.717, 1.165) is 38.9 Å². The van der Waals surface area contributed by atoms with Crippen molar-refractivity contribution in [2.24, 2.45) is 0 Å². The highest BCUT2D eigenvalue weighted by Crippen LogP contribution is 2.30. The minimum Gasteiger partial charge on any atom is -0.497 e. The number of carbonyl (C=O) groups is 2. The number of ether oxygens (including phenoxy) is 1. The van der Waals surface area contributed by atoms with E-state index in [0.29, 0.717) is 17.9 Å². The van der Waals surface area contributed by atoms with Gasteiger partial charge in [-0.15, -0.1) is 0 Å². The van der Waals surface area contributed by atoms with E-state index >= 15 is 0 Å². The van der Waals surface area contributed by atoms with Gasteiger partial charge in [0.15, 0.2) is 17.1 Å². The van der Waals surface area contributed by atoms with Crippen LogP contribution in [0.25, 0.3) is 11.3 Å². The van der Waals surface area contributed by atoms with Crippen LogP contribution >= 0.6 is 0 Å². The van der Waals surface area contributed by atoms with Crippen LogP contribution in [0.15, 0.2) is 28.8 Å². The molecule has 0 aliphatic carbocycles. The van der Waals surface area contributed by atoms with E-state index in [-0.39, 0.29) is 29.7 Å². The lowest BCUT2D eigenvalue weighted by Crippen LogP contribution is -2.36. The summed E-state index contributed by atoms with van der Waals surface area (Å²) in [5.41, 5.74) is 0.655. The van der Waals surface area contributed by atoms with Gasteiger partial charge in [-0.05, 0) is 50.1 Å². The van der Waals surface area contributed by atoms with E-state index in [1.165, 1.54) is 0 Å². The third kappa shape index (κ3) is 6.46. The largest absolute Gasteiger partial charge is 0.497 e. The molecule has 0 radical (unpaired) electrons. The molecule has 10 nitrogen and oxygen atoms in total. The Morgan fingerprint density at radius 3 is 2.53 bits per heavy atom. The first-order valence-corrected chi connectivity index (χ1v) is 9.59. The van der Waals surface area contributed by atoms with Crippen LogP contribution in [-0.2, 0) is 4.79 Å². The Kier molecular flexibility index (Phi) is 9.10. The molecule has 1 saturated heterocycles. The van der Waals surface area contributed by atoms with Crippen molar-refractivity contribution in [1.82, 2.24) is 10.1 Å². The van der Waals surface area contributed by atoms with Gasteiger partial charge >= 0.3 is 5.97 Å². The molecule has 1 aromatic carbocycles. The van der Waals surface area contributed by atoms with Crippen LogP contribution in [0, 0.1) is 0 Å². The van der Waals surface area contributed by atoms with Gasteiger partial charge in [-0.3, -0.25) is 4.79 Å². The average molecular weight is 421 g/mol. The van der Waals surface area contributed by atoms with E-state index in [1.54, 1.807) is 31.4 Å². The summed E-state index contributed by atoms with van der Waals surface area (Å²) in [5.74, 6) is 0.0494. The van der Waals surface area contributed by atoms with Crippen LogP contribution in [0.2, 0.25) is 0 Å². The Morgan fingerprint density at radius 2 is 1.97 bits per heavy atom. The van der Waals surface area contributed by atoms with Crippen molar-refractivity contribution in [3.63, 3.8) is 0 Å². The number of rotatable bonds is 8. The Morgan fingerprint density at radius 1 is 1.33 bits per heavy atom. The molecule has 164 valence electrons. The molecule has 30 heavy (non-hydrogen) atoms. The zero-order valence-electron chi connectivity index (χ0n) is 16.8. The monoisotopic (exact) mass is 421 g/mol. The van der Waals surface area contributed by atoms with Gasteiger partial charge in [0.2, 0.25) is 0 Å². The smallest absolute Gasteiger partial charge is 0.343 e. The summed E-state index contributed by atoms with van der Waals surface area (Å²) in [6.07, 6.45) is 2.29. The summed E-state index contributed by atoms with van der Waals surface area (Å²) in [4.78, 5) is 22.4. The molecule has 10 heteroatoms. The van der Waals surface area contributed by atoms with Crippen LogP contribution in [-0.4, -0.2) is 77.2 Å². The van der Waals surface area contributed by atoms with E-state index < -0.39 is 5.97 Å². The number of carboxylic acids is 1. The van der Waals surface area contributed by atoms with Gasteiger partial charge < -0.3 is 34.8 Å². The lowest BCUT2D eigenvalue weighted by molar-refractivity contribution is -0.122. The number of aromatic nitrogens is 1. The molecular formula is C20H27N3O7. The Labute approximate surface area is 174 Å². The first-order valence-electron chi connectivity index (χ1n) is 9.59. The molecule has 0 amide bonds. The highest BCUT2D eigenvalue weighted by atomic mass is 16.5. The second-order valence-electron chi connectivity index (χ2n) is 6.73. The highest BCUT2D eigenvalue weighted by molar-refractivity contribution is 5.99. The van der Waals surface area contributed by atoms with Crippen molar-refractivity contribution < 1.29 is 34.2 Å². The van der Waals surface area contributed by atoms with Gasteiger partial charge in [-0.2, -0.15) is 0 Å². The zero-order valence-corrected chi connectivity index (χ0v) is 16.8. The number of aliphatic hydroxyl groups excluding tert-OH is 1. The molecule has 0 spiro atoms. The van der Waals surface area contributed by atoms with Crippen molar-refractivity contribution in [3.05, 3.63) is 29.8 Å². The molecular weight excluding hydrogens is 394 g/mol. The Hall–Kier alpha value is -3.11. The van der Waals surface area contributed by atoms with Gasteiger partial charge in [0.1, 0.15) is 5.75 Å². The molecule has 0 unspecified atom stereocenters. The fourth-order valence-corrected chi connectivity index (χ4v) is 3.20. The fraction of sp³-hybridized carbons (Fsp3) is 0.450. The SMILES string of the molecule is COc1ccc(-c2onc(NCCCN3CCC(O)CC3)c2C(=O)O)cc1.O=CO. The standard InChI is InChI=1S/C19H25N3O5.CH2O2/c1-26-15-5-3-13(4-6-15)17-16(19(24)25)18(21-27-17)20-9-2-10-22-11-7-14(23)8-12-22;2-1-3/h3-6,14,23H,2,7-12H2,1H3,(H,20,21)(H,24,25);1H,(H,2,3). The summed E-state index contributed by atoms with van der Waals surface area (Å²) in [6, 6.07) is 6.96. The van der Waals surface area contributed by atoms with Crippen LogP contribution < -0.4 is 10.1 Å². The van der Waals surface area contributed by atoms with Crippen LogP contribution in [0.5, 0.6) is 5.75 Å². The molecule has 0 bridgehead atoms. The number of aliphatic hydroxyl groups is 1. The summed E-state index contributed by atoms with van der Waals surface area (Å²) in [7, 11) is 1.57. The number of hydrogen-bond donors (Lipinski definition) is 4. The summed E-state index contributed by atoms with van der Waals surface area (Å²) in [6.45, 7) is 3.03. The number of likely N-dealkylation sites (tertiary alicyclic amines) is 1. The van der Waals surface area contributed by atoms with Crippen molar-refractivity contribution in [2.45, 2.75) is 25.4 Å². The predicted molar refractivity (Wildman–Crippen MR) is 109 cm³/mol. The van der Waals surface area contributed by atoms with E-state index in [1.807, 2.05) is 0 Å². The first kappa shape index (κ1) is 23.2. The van der Waals surface area contributed by atoms with Gasteiger partial charge in [-0.1, -0.05) is 5.16 Å². The zero-order chi connectivity index (χ0) is 21.9. The maximum atomic E-state index is 11.7. The first-order chi connectivity index (χ1) is 14.5. The lowest BCUT2D eigenvalue weighted by Gasteiger charge is -2.29. The number of aromatic carboxylic acids is 1. The van der Waals surface area contributed by atoms with Gasteiger partial charge in [0, 0.05) is 25.2 Å². The molecule has 0 atom stereocenters. The van der Waals surface area contributed by atoms with Crippen molar-refractivity contribution in [1.29, 1.82) is 0 Å². The minimum atomic E-state index is -1.09. The normalized spacial score (nSPS) is 14.5. The number of hydrogen-bond acceptors (Lipinski definition) is 8. The molecule has 4 N–H and O–H groups in total. The predicted octanol–water partition coefficient (Wildman–Crippen LogP) is 2.01. The lowest BCUT2D eigenvalue weighted by atomic mass is 10.1. The summed E-state index contributed by atoms with van der Waals surface area (Å²) in [5, 5.41) is 33.0. The summed E-state index contributed by atoms with van der Waals surface area (Å²) < 4.78 is 10.4. The Balaban J connectivity index is 0.00000101. The maximum Gasteiger partial charge on any atom is 0.343 e. The molecule has 2 aromatic rings. The third-order valence-corrected chi connectivity index (χ3v) is 4.76. The molecule has 3 rings (SSSR count). The number of nitrogens with zero attached hydrogens (tertiary/aromatic N) is 2. The van der Waals surface area contributed by atoms with Gasteiger partial charge in [-0.25, -0.2) is 4.79 Å². The highest BCUT2D eigenvalue weighted by Gasteiger charge is 2.24. The second-order valence-corrected chi connectivity index (χ2v) is 6.73.